The van der Waals surface area contributed by atoms with Crippen LogP contribution < -0.4 is 5.32 Å². The number of anilines is 1. The van der Waals surface area contributed by atoms with E-state index < -0.39 is 0 Å². The van der Waals surface area contributed by atoms with Crippen molar-refractivity contribution < 1.29 is 9.21 Å². The molecule has 0 radical (unpaired) electrons. The van der Waals surface area contributed by atoms with Gasteiger partial charge in [0.25, 0.3) is 0 Å². The van der Waals surface area contributed by atoms with Crippen molar-refractivity contribution in [2.75, 3.05) is 5.32 Å². The highest BCUT2D eigenvalue weighted by Crippen LogP contribution is 2.30. The molecule has 0 aliphatic carbocycles. The van der Waals surface area contributed by atoms with Crippen LogP contribution in [0.5, 0.6) is 0 Å². The number of carbonyl (C=O) groups is 1. The first-order chi connectivity index (χ1) is 14.0. The first-order valence-electron chi connectivity index (χ1n) is 8.91. The van der Waals surface area contributed by atoms with E-state index in [1.807, 2.05) is 49.4 Å². The molecular weight excluding hydrogens is 407 g/mol. The van der Waals surface area contributed by atoms with Crippen LogP contribution in [0.1, 0.15) is 11.1 Å². The van der Waals surface area contributed by atoms with Gasteiger partial charge >= 0.3 is 0 Å². The van der Waals surface area contributed by atoms with Gasteiger partial charge < -0.3 is 9.73 Å². The van der Waals surface area contributed by atoms with Crippen molar-refractivity contribution in [1.29, 1.82) is 0 Å². The summed E-state index contributed by atoms with van der Waals surface area (Å²) in [6.45, 7) is 1.92. The van der Waals surface area contributed by atoms with Gasteiger partial charge in [0.2, 0.25) is 11.8 Å². The van der Waals surface area contributed by atoms with Gasteiger partial charge in [-0.3, -0.25) is 4.79 Å². The number of rotatable bonds is 4. The topological polar surface area (TPSA) is 55.1 Å². The molecule has 0 saturated heterocycles. The highest BCUT2D eigenvalue weighted by atomic mass is 35.5. The SMILES string of the molecule is Cc1c(NC(=O)C=Cc2ccc(Cl)cc2Cl)cccc1-c1nc2ccccc2o1. The van der Waals surface area contributed by atoms with Gasteiger partial charge in [0, 0.05) is 27.4 Å². The van der Waals surface area contributed by atoms with Crippen LogP contribution in [0.25, 0.3) is 28.6 Å². The van der Waals surface area contributed by atoms with Crippen LogP contribution in [0.2, 0.25) is 10.0 Å². The summed E-state index contributed by atoms with van der Waals surface area (Å²) in [4.78, 5) is 16.9. The van der Waals surface area contributed by atoms with Crippen LogP contribution >= 0.6 is 23.2 Å². The maximum atomic E-state index is 12.4. The van der Waals surface area contributed by atoms with Gasteiger partial charge in [0.1, 0.15) is 5.52 Å². The molecule has 0 aliphatic heterocycles. The van der Waals surface area contributed by atoms with Crippen LogP contribution in [0.3, 0.4) is 0 Å². The summed E-state index contributed by atoms with van der Waals surface area (Å²) in [6, 6.07) is 18.3. The number of nitrogens with zero attached hydrogens (tertiary/aromatic N) is 1. The van der Waals surface area contributed by atoms with Crippen molar-refractivity contribution in [1.82, 2.24) is 4.98 Å². The summed E-state index contributed by atoms with van der Waals surface area (Å²) in [5.41, 5.74) is 4.59. The second-order valence-corrected chi connectivity index (χ2v) is 7.30. The third-order valence-corrected chi connectivity index (χ3v) is 5.06. The van der Waals surface area contributed by atoms with E-state index in [1.165, 1.54) is 6.08 Å². The molecule has 0 fully saturated rings. The molecule has 144 valence electrons. The van der Waals surface area contributed by atoms with E-state index in [-0.39, 0.29) is 5.91 Å². The third kappa shape index (κ3) is 4.19. The maximum absolute atomic E-state index is 12.4. The molecule has 4 rings (SSSR count). The molecule has 4 aromatic rings. The number of aromatic nitrogens is 1. The Kier molecular flexibility index (Phi) is 5.38. The standard InChI is InChI=1S/C23H16Cl2N2O2/c1-14-17(23-27-20-6-2-3-8-21(20)29-23)5-4-7-19(14)26-22(28)12-10-15-9-11-16(24)13-18(15)25/h2-13H,1H3,(H,26,28). The third-order valence-electron chi connectivity index (χ3n) is 4.49. The number of hydrogen-bond donors (Lipinski definition) is 1. The van der Waals surface area contributed by atoms with E-state index in [2.05, 4.69) is 10.3 Å². The molecule has 0 unspecified atom stereocenters. The first kappa shape index (κ1) is 19.2. The number of amides is 1. The predicted octanol–water partition coefficient (Wildman–Crippen LogP) is 6.76. The highest BCUT2D eigenvalue weighted by Gasteiger charge is 2.13. The average molecular weight is 423 g/mol. The van der Waals surface area contributed by atoms with E-state index in [1.54, 1.807) is 24.3 Å². The summed E-state index contributed by atoms with van der Waals surface area (Å²) in [5, 5.41) is 3.92. The van der Waals surface area contributed by atoms with Crippen molar-refractivity contribution in [3.63, 3.8) is 0 Å². The van der Waals surface area contributed by atoms with Crippen molar-refractivity contribution in [3.05, 3.63) is 87.9 Å². The number of hydrogen-bond acceptors (Lipinski definition) is 3. The van der Waals surface area contributed by atoms with Crippen LogP contribution in [0.15, 0.2) is 71.2 Å². The van der Waals surface area contributed by atoms with Crippen LogP contribution in [0.4, 0.5) is 5.69 Å². The molecule has 1 heterocycles. The molecule has 3 aromatic carbocycles. The molecule has 0 spiro atoms. The summed E-state index contributed by atoms with van der Waals surface area (Å²) in [6.07, 6.45) is 3.08. The number of fused-ring (bicyclic) bond motifs is 1. The van der Waals surface area contributed by atoms with E-state index in [0.717, 1.165) is 22.2 Å². The quantitative estimate of drug-likeness (QED) is 0.369. The van der Waals surface area contributed by atoms with Gasteiger partial charge in [-0.2, -0.15) is 0 Å². The van der Waals surface area contributed by atoms with Crippen LogP contribution in [0, 0.1) is 6.92 Å². The van der Waals surface area contributed by atoms with Crippen LogP contribution in [-0.4, -0.2) is 10.9 Å². The summed E-state index contributed by atoms with van der Waals surface area (Å²) in [5.74, 6) is 0.247. The predicted molar refractivity (Wildman–Crippen MR) is 118 cm³/mol. The van der Waals surface area contributed by atoms with Crippen LogP contribution in [-0.2, 0) is 4.79 Å². The minimum absolute atomic E-state index is 0.270. The summed E-state index contributed by atoms with van der Waals surface area (Å²) >= 11 is 12.0. The largest absolute Gasteiger partial charge is 0.436 e. The molecule has 1 amide bonds. The van der Waals surface area contributed by atoms with Gasteiger partial charge in [-0.05, 0) is 60.5 Å². The maximum Gasteiger partial charge on any atom is 0.248 e. The van der Waals surface area contributed by atoms with Gasteiger partial charge in [-0.15, -0.1) is 0 Å². The van der Waals surface area contributed by atoms with E-state index >= 15 is 0 Å². The molecule has 1 N–H and O–H groups in total. The second-order valence-electron chi connectivity index (χ2n) is 6.45. The first-order valence-corrected chi connectivity index (χ1v) is 9.66. The number of carbonyl (C=O) groups excluding carboxylic acids is 1. The molecule has 0 bridgehead atoms. The fourth-order valence-corrected chi connectivity index (χ4v) is 3.44. The summed E-state index contributed by atoms with van der Waals surface area (Å²) < 4.78 is 5.86. The Balaban J connectivity index is 1.57. The van der Waals surface area contributed by atoms with Crippen molar-refractivity contribution in [2.24, 2.45) is 0 Å². The smallest absolute Gasteiger partial charge is 0.248 e. The minimum atomic E-state index is -0.270. The Bertz CT molecular complexity index is 1210. The van der Waals surface area contributed by atoms with E-state index in [4.69, 9.17) is 27.6 Å². The lowest BCUT2D eigenvalue weighted by molar-refractivity contribution is -0.111. The second kappa shape index (κ2) is 8.11. The molecule has 0 saturated carbocycles. The number of nitrogens with one attached hydrogen (secondary N) is 1. The lowest BCUT2D eigenvalue weighted by Crippen LogP contribution is -2.09. The molecule has 29 heavy (non-hydrogen) atoms. The van der Waals surface area contributed by atoms with Gasteiger partial charge in [-0.1, -0.05) is 47.5 Å². The fraction of sp³-hybridized carbons (Fsp3) is 0.0435. The highest BCUT2D eigenvalue weighted by molar-refractivity contribution is 6.35. The Morgan fingerprint density at radius 3 is 2.69 bits per heavy atom. The van der Waals surface area contributed by atoms with Gasteiger partial charge in [0.15, 0.2) is 5.58 Å². The Morgan fingerprint density at radius 2 is 1.90 bits per heavy atom. The zero-order valence-corrected chi connectivity index (χ0v) is 17.0. The molecule has 0 atom stereocenters. The summed E-state index contributed by atoms with van der Waals surface area (Å²) in [7, 11) is 0. The molecule has 4 nitrogen and oxygen atoms in total. The van der Waals surface area contributed by atoms with E-state index in [0.29, 0.717) is 27.2 Å². The lowest BCUT2D eigenvalue weighted by atomic mass is 10.1. The molecular formula is C23H16Cl2N2O2. The van der Waals surface area contributed by atoms with Crippen molar-refractivity contribution in [2.45, 2.75) is 6.92 Å². The fourth-order valence-electron chi connectivity index (χ4n) is 2.97. The van der Waals surface area contributed by atoms with Crippen molar-refractivity contribution >= 4 is 52.0 Å². The number of oxazole rings is 1. The van der Waals surface area contributed by atoms with Gasteiger partial charge in [-0.25, -0.2) is 4.98 Å². The molecule has 0 aliphatic rings. The lowest BCUT2D eigenvalue weighted by Gasteiger charge is -2.09. The van der Waals surface area contributed by atoms with Crippen molar-refractivity contribution in [3.8, 4) is 11.5 Å². The molecule has 1 aromatic heterocycles. The normalized spacial score (nSPS) is 11.3. The minimum Gasteiger partial charge on any atom is -0.436 e. The van der Waals surface area contributed by atoms with Gasteiger partial charge in [0.05, 0.1) is 0 Å². The number of halogens is 2. The van der Waals surface area contributed by atoms with E-state index in [9.17, 15) is 4.79 Å². The average Bonchev–Trinajstić information content (AvgIpc) is 3.13. The monoisotopic (exact) mass is 422 g/mol. The molecule has 6 heteroatoms. The zero-order chi connectivity index (χ0) is 20.4. The Labute approximate surface area is 177 Å². The Hall–Kier alpha value is -3.08. The number of benzene rings is 3. The zero-order valence-electron chi connectivity index (χ0n) is 15.4. The Morgan fingerprint density at radius 1 is 1.07 bits per heavy atom. The number of para-hydroxylation sites is 2.